The lowest BCUT2D eigenvalue weighted by Crippen LogP contribution is -2.02. The van der Waals surface area contributed by atoms with E-state index in [-0.39, 0.29) is 5.78 Å². The van der Waals surface area contributed by atoms with Crippen molar-refractivity contribution in [3.8, 4) is 0 Å². The minimum atomic E-state index is 0.115. The first-order valence-corrected chi connectivity index (χ1v) is 8.04. The van der Waals surface area contributed by atoms with Gasteiger partial charge in [-0.2, -0.15) is 0 Å². The van der Waals surface area contributed by atoms with Gasteiger partial charge in [0.25, 0.3) is 0 Å². The number of aryl methyl sites for hydroxylation is 1. The molecule has 0 amide bonds. The molecule has 20 heavy (non-hydrogen) atoms. The molecule has 0 N–H and O–H groups in total. The van der Waals surface area contributed by atoms with Gasteiger partial charge in [-0.1, -0.05) is 54.4 Å². The summed E-state index contributed by atoms with van der Waals surface area (Å²) in [4.78, 5) is 13.0. The Labute approximate surface area is 133 Å². The van der Waals surface area contributed by atoms with Crippen molar-refractivity contribution in [3.05, 3.63) is 63.6 Å². The predicted octanol–water partition coefficient (Wildman–Crippen LogP) is 5.53. The summed E-state index contributed by atoms with van der Waals surface area (Å²) in [5.74, 6) is 0.507. The molecular weight excluding hydrogens is 311 g/mol. The second kappa shape index (κ2) is 7.16. The molecule has 0 radical (unpaired) electrons. The van der Waals surface area contributed by atoms with E-state index < -0.39 is 0 Å². The lowest BCUT2D eigenvalue weighted by atomic mass is 10.1. The minimum absolute atomic E-state index is 0.115. The van der Waals surface area contributed by atoms with E-state index >= 15 is 0 Å². The Balaban J connectivity index is 1.98. The van der Waals surface area contributed by atoms with E-state index in [0.717, 1.165) is 16.9 Å². The predicted molar refractivity (Wildman–Crippen MR) is 87.3 cm³/mol. The average molecular weight is 325 g/mol. The fraction of sp³-hybridized carbons (Fsp3) is 0.188. The van der Waals surface area contributed by atoms with Crippen LogP contribution in [0.4, 0.5) is 0 Å². The third-order valence-corrected chi connectivity index (χ3v) is 4.68. The molecular formula is C16H14Cl2OS. The maximum absolute atomic E-state index is 12.1. The zero-order chi connectivity index (χ0) is 14.5. The first kappa shape index (κ1) is 15.4. The molecule has 0 spiro atoms. The molecule has 2 aromatic rings. The molecule has 2 rings (SSSR count). The number of ketones is 1. The molecule has 0 aliphatic heterocycles. The second-order valence-electron chi connectivity index (χ2n) is 4.34. The van der Waals surface area contributed by atoms with Crippen LogP contribution in [-0.4, -0.2) is 11.5 Å². The molecule has 0 saturated heterocycles. The van der Waals surface area contributed by atoms with Gasteiger partial charge < -0.3 is 0 Å². The number of benzene rings is 2. The van der Waals surface area contributed by atoms with Gasteiger partial charge in [0, 0.05) is 10.5 Å². The minimum Gasteiger partial charge on any atom is -0.293 e. The Morgan fingerprint density at radius 3 is 2.35 bits per heavy atom. The summed E-state index contributed by atoms with van der Waals surface area (Å²) in [5, 5.41) is 1.04. The summed E-state index contributed by atoms with van der Waals surface area (Å²) in [6, 6.07) is 13.2. The summed E-state index contributed by atoms with van der Waals surface area (Å²) < 4.78 is 0. The molecule has 1 nitrogen and oxygen atoms in total. The molecule has 0 heterocycles. The third-order valence-electron chi connectivity index (χ3n) is 2.95. The Morgan fingerprint density at radius 1 is 1.05 bits per heavy atom. The van der Waals surface area contributed by atoms with Crippen LogP contribution in [0, 0.1) is 0 Å². The Morgan fingerprint density at radius 2 is 1.75 bits per heavy atom. The smallest absolute Gasteiger partial charge is 0.173 e. The van der Waals surface area contributed by atoms with Crippen molar-refractivity contribution in [2.24, 2.45) is 0 Å². The monoisotopic (exact) mass is 324 g/mol. The SMILES string of the molecule is CCc1ccc(C(=O)CSc2ccc(Cl)c(Cl)c2)cc1. The van der Waals surface area contributed by atoms with Gasteiger partial charge in [-0.05, 0) is 30.2 Å². The van der Waals surface area contributed by atoms with Crippen LogP contribution in [-0.2, 0) is 6.42 Å². The Kier molecular flexibility index (Phi) is 5.53. The van der Waals surface area contributed by atoms with E-state index in [1.54, 1.807) is 12.1 Å². The van der Waals surface area contributed by atoms with Crippen molar-refractivity contribution < 1.29 is 4.79 Å². The topological polar surface area (TPSA) is 17.1 Å². The number of halogens is 2. The molecule has 0 aliphatic carbocycles. The summed E-state index contributed by atoms with van der Waals surface area (Å²) in [6.45, 7) is 2.09. The number of carbonyl (C=O) groups excluding carboxylic acids is 1. The molecule has 0 atom stereocenters. The van der Waals surface area contributed by atoms with E-state index in [0.29, 0.717) is 15.8 Å². The molecule has 104 valence electrons. The van der Waals surface area contributed by atoms with Crippen molar-refractivity contribution in [2.45, 2.75) is 18.2 Å². The highest BCUT2D eigenvalue weighted by atomic mass is 35.5. The molecule has 0 saturated carbocycles. The first-order valence-electron chi connectivity index (χ1n) is 6.30. The van der Waals surface area contributed by atoms with Gasteiger partial charge in [-0.3, -0.25) is 4.79 Å². The zero-order valence-electron chi connectivity index (χ0n) is 11.0. The van der Waals surface area contributed by atoms with Crippen molar-refractivity contribution in [1.82, 2.24) is 0 Å². The quantitative estimate of drug-likeness (QED) is 0.531. The second-order valence-corrected chi connectivity index (χ2v) is 6.20. The highest BCUT2D eigenvalue weighted by Gasteiger charge is 2.07. The van der Waals surface area contributed by atoms with Gasteiger partial charge in [0.1, 0.15) is 0 Å². The van der Waals surface area contributed by atoms with Gasteiger partial charge in [-0.15, -0.1) is 11.8 Å². The van der Waals surface area contributed by atoms with Crippen molar-refractivity contribution in [2.75, 3.05) is 5.75 Å². The van der Waals surface area contributed by atoms with Gasteiger partial charge in [-0.25, -0.2) is 0 Å². The summed E-state index contributed by atoms with van der Waals surface area (Å²) in [7, 11) is 0. The fourth-order valence-electron chi connectivity index (χ4n) is 1.73. The van der Waals surface area contributed by atoms with Crippen LogP contribution >= 0.6 is 35.0 Å². The maximum Gasteiger partial charge on any atom is 0.173 e. The Bertz CT molecular complexity index is 608. The van der Waals surface area contributed by atoms with Crippen LogP contribution in [0.2, 0.25) is 10.0 Å². The molecule has 0 unspecified atom stereocenters. The highest BCUT2D eigenvalue weighted by Crippen LogP contribution is 2.28. The van der Waals surface area contributed by atoms with Crippen LogP contribution in [0.15, 0.2) is 47.4 Å². The van der Waals surface area contributed by atoms with Crippen LogP contribution in [0.1, 0.15) is 22.8 Å². The molecule has 0 aliphatic rings. The first-order chi connectivity index (χ1) is 9.60. The van der Waals surface area contributed by atoms with Gasteiger partial charge in [0.15, 0.2) is 5.78 Å². The third kappa shape index (κ3) is 4.02. The Hall–Kier alpha value is -0.960. The van der Waals surface area contributed by atoms with E-state index in [1.165, 1.54) is 17.3 Å². The van der Waals surface area contributed by atoms with Gasteiger partial charge in [0.2, 0.25) is 0 Å². The standard InChI is InChI=1S/C16H14Cl2OS/c1-2-11-3-5-12(6-4-11)16(19)10-20-13-7-8-14(17)15(18)9-13/h3-9H,2,10H2,1H3. The van der Waals surface area contributed by atoms with Crippen LogP contribution in [0.25, 0.3) is 0 Å². The summed E-state index contributed by atoms with van der Waals surface area (Å²) in [5.41, 5.74) is 1.98. The number of hydrogen-bond acceptors (Lipinski definition) is 2. The number of carbonyl (C=O) groups is 1. The lowest BCUT2D eigenvalue weighted by molar-refractivity contribution is 0.102. The highest BCUT2D eigenvalue weighted by molar-refractivity contribution is 8.00. The van der Waals surface area contributed by atoms with Gasteiger partial charge >= 0.3 is 0 Å². The van der Waals surface area contributed by atoms with E-state index in [2.05, 4.69) is 6.92 Å². The summed E-state index contributed by atoms with van der Waals surface area (Å²) >= 11 is 13.3. The van der Waals surface area contributed by atoms with E-state index in [4.69, 9.17) is 23.2 Å². The number of Topliss-reactive ketones (excluding diaryl/α,β-unsaturated/α-hetero) is 1. The number of hydrogen-bond donors (Lipinski definition) is 0. The van der Waals surface area contributed by atoms with Crippen LogP contribution < -0.4 is 0 Å². The molecule has 0 bridgehead atoms. The zero-order valence-corrected chi connectivity index (χ0v) is 13.4. The molecule has 0 fully saturated rings. The van der Waals surface area contributed by atoms with Crippen LogP contribution in [0.3, 0.4) is 0 Å². The molecule has 0 aromatic heterocycles. The van der Waals surface area contributed by atoms with Gasteiger partial charge in [0.05, 0.1) is 15.8 Å². The van der Waals surface area contributed by atoms with E-state index in [1.807, 2.05) is 30.3 Å². The van der Waals surface area contributed by atoms with Crippen molar-refractivity contribution in [1.29, 1.82) is 0 Å². The maximum atomic E-state index is 12.1. The molecule has 4 heteroatoms. The fourth-order valence-corrected chi connectivity index (χ4v) is 2.92. The normalized spacial score (nSPS) is 10.6. The van der Waals surface area contributed by atoms with Crippen LogP contribution in [0.5, 0.6) is 0 Å². The van der Waals surface area contributed by atoms with E-state index in [9.17, 15) is 4.79 Å². The number of rotatable bonds is 5. The lowest BCUT2D eigenvalue weighted by Gasteiger charge is -2.04. The largest absolute Gasteiger partial charge is 0.293 e. The molecule has 2 aromatic carbocycles. The summed E-state index contributed by atoms with van der Waals surface area (Å²) in [6.07, 6.45) is 0.979. The van der Waals surface area contributed by atoms with Crippen molar-refractivity contribution >= 4 is 40.7 Å². The average Bonchev–Trinajstić information content (AvgIpc) is 2.48. The number of thioether (sulfide) groups is 1. The van der Waals surface area contributed by atoms with Crippen molar-refractivity contribution in [3.63, 3.8) is 0 Å².